The van der Waals surface area contributed by atoms with Crippen LogP contribution in [0.1, 0.15) is 47.5 Å². The second-order valence-electron chi connectivity index (χ2n) is 6.86. The van der Waals surface area contributed by atoms with Crippen LogP contribution in [0.15, 0.2) is 42.5 Å². The Bertz CT molecular complexity index is 901. The van der Waals surface area contributed by atoms with E-state index < -0.39 is 0 Å². The number of fused-ring (bicyclic) bond motifs is 2. The summed E-state index contributed by atoms with van der Waals surface area (Å²) in [5.74, 6) is 0. The molecule has 0 spiro atoms. The van der Waals surface area contributed by atoms with Crippen LogP contribution >= 0.6 is 11.3 Å². The molecule has 0 fully saturated rings. The van der Waals surface area contributed by atoms with E-state index in [4.69, 9.17) is 0 Å². The number of nitrogens with one attached hydrogen (secondary N) is 2. The molecule has 0 radical (unpaired) electrons. The summed E-state index contributed by atoms with van der Waals surface area (Å²) < 4.78 is 1.15. The summed E-state index contributed by atoms with van der Waals surface area (Å²) in [5, 5.41) is 6.87. The van der Waals surface area contributed by atoms with Crippen molar-refractivity contribution in [2.24, 2.45) is 0 Å². The van der Waals surface area contributed by atoms with Gasteiger partial charge in [-0.05, 0) is 61.4 Å². The number of aryl methyl sites for hydroxylation is 2. The number of rotatable bonds is 4. The Morgan fingerprint density at radius 1 is 1.15 bits per heavy atom. The van der Waals surface area contributed by atoms with E-state index >= 15 is 0 Å². The molecule has 1 unspecified atom stereocenters. The number of benzene rings is 2. The van der Waals surface area contributed by atoms with Gasteiger partial charge in [0.15, 0.2) is 0 Å². The number of nitrogens with zero attached hydrogens (tertiary/aromatic N) is 1. The Morgan fingerprint density at radius 2 is 1.96 bits per heavy atom. The minimum atomic E-state index is -0.158. The summed E-state index contributed by atoms with van der Waals surface area (Å²) >= 11 is 1.62. The van der Waals surface area contributed by atoms with Gasteiger partial charge in [0, 0.05) is 0 Å². The first kappa shape index (κ1) is 17.0. The lowest BCUT2D eigenvalue weighted by Gasteiger charge is -2.20. The van der Waals surface area contributed by atoms with E-state index in [2.05, 4.69) is 39.9 Å². The Balaban J connectivity index is 1.35. The maximum absolute atomic E-state index is 12.3. The number of para-hydroxylation sites is 1. The minimum Gasteiger partial charge on any atom is -0.332 e. The van der Waals surface area contributed by atoms with Crippen molar-refractivity contribution in [3.8, 4) is 0 Å². The number of hydrogen-bond acceptors (Lipinski definition) is 3. The molecule has 5 heteroatoms. The number of carbonyl (C=O) groups excluding carboxylic acids is 1. The number of urea groups is 1. The molecule has 0 aliphatic heterocycles. The van der Waals surface area contributed by atoms with E-state index in [1.807, 2.05) is 25.1 Å². The summed E-state index contributed by atoms with van der Waals surface area (Å²) in [6, 6.07) is 14.5. The number of amides is 2. The van der Waals surface area contributed by atoms with Gasteiger partial charge < -0.3 is 10.6 Å². The predicted molar refractivity (Wildman–Crippen MR) is 106 cm³/mol. The zero-order valence-electron chi connectivity index (χ0n) is 14.9. The van der Waals surface area contributed by atoms with Crippen molar-refractivity contribution in [3.63, 3.8) is 0 Å². The van der Waals surface area contributed by atoms with Crippen LogP contribution in [0.3, 0.4) is 0 Å². The summed E-state index contributed by atoms with van der Waals surface area (Å²) in [6.07, 6.45) is 4.88. The lowest BCUT2D eigenvalue weighted by Crippen LogP contribution is -2.36. The number of thiazole rings is 1. The van der Waals surface area contributed by atoms with Crippen LogP contribution in [0, 0.1) is 0 Å². The molecule has 1 aliphatic rings. The molecule has 4 rings (SSSR count). The van der Waals surface area contributed by atoms with Crippen molar-refractivity contribution in [3.05, 3.63) is 64.2 Å². The van der Waals surface area contributed by atoms with Gasteiger partial charge in [0.05, 0.1) is 22.8 Å². The summed E-state index contributed by atoms with van der Waals surface area (Å²) in [4.78, 5) is 16.8. The van der Waals surface area contributed by atoms with E-state index in [-0.39, 0.29) is 12.1 Å². The van der Waals surface area contributed by atoms with Crippen molar-refractivity contribution in [2.75, 3.05) is 0 Å². The average Bonchev–Trinajstić information content (AvgIpc) is 3.09. The molecule has 0 saturated heterocycles. The SMILES string of the molecule is CC(NC(=O)NCc1nc2ccccc2s1)c1ccc2c(c1)CCCC2. The molecule has 4 nitrogen and oxygen atoms in total. The Kier molecular flexibility index (Phi) is 4.89. The highest BCUT2D eigenvalue weighted by molar-refractivity contribution is 7.18. The molecule has 26 heavy (non-hydrogen) atoms. The van der Waals surface area contributed by atoms with Crippen LogP contribution in [-0.4, -0.2) is 11.0 Å². The van der Waals surface area contributed by atoms with Gasteiger partial charge in [0.2, 0.25) is 0 Å². The lowest BCUT2D eigenvalue weighted by atomic mass is 9.89. The molecular formula is C21H23N3OS. The van der Waals surface area contributed by atoms with Gasteiger partial charge in [0.25, 0.3) is 0 Å². The molecule has 3 aromatic rings. The van der Waals surface area contributed by atoms with E-state index in [0.29, 0.717) is 6.54 Å². The van der Waals surface area contributed by atoms with Crippen LogP contribution in [0.4, 0.5) is 4.79 Å². The highest BCUT2D eigenvalue weighted by atomic mass is 32.1. The third-order valence-electron chi connectivity index (χ3n) is 4.96. The number of aromatic nitrogens is 1. The fourth-order valence-corrected chi connectivity index (χ4v) is 4.41. The van der Waals surface area contributed by atoms with Crippen LogP contribution in [0.2, 0.25) is 0 Å². The van der Waals surface area contributed by atoms with Crippen LogP contribution in [0.25, 0.3) is 10.2 Å². The first-order valence-electron chi connectivity index (χ1n) is 9.19. The maximum Gasteiger partial charge on any atom is 0.315 e. The van der Waals surface area contributed by atoms with E-state index in [9.17, 15) is 4.79 Å². The average molecular weight is 366 g/mol. The largest absolute Gasteiger partial charge is 0.332 e. The normalized spacial score (nSPS) is 14.7. The third-order valence-corrected chi connectivity index (χ3v) is 5.99. The van der Waals surface area contributed by atoms with Gasteiger partial charge in [-0.3, -0.25) is 0 Å². The maximum atomic E-state index is 12.3. The Labute approximate surface area is 157 Å². The number of hydrogen-bond donors (Lipinski definition) is 2. The molecule has 2 N–H and O–H groups in total. The van der Waals surface area contributed by atoms with Crippen molar-refractivity contribution < 1.29 is 4.79 Å². The van der Waals surface area contributed by atoms with Gasteiger partial charge in [-0.2, -0.15) is 0 Å². The zero-order valence-corrected chi connectivity index (χ0v) is 15.7. The Morgan fingerprint density at radius 3 is 2.81 bits per heavy atom. The lowest BCUT2D eigenvalue weighted by molar-refractivity contribution is 0.237. The first-order valence-corrected chi connectivity index (χ1v) is 10.0. The minimum absolute atomic E-state index is 0.0161. The quantitative estimate of drug-likeness (QED) is 0.702. The van der Waals surface area contributed by atoms with Crippen molar-refractivity contribution >= 4 is 27.6 Å². The zero-order chi connectivity index (χ0) is 17.9. The van der Waals surface area contributed by atoms with Crippen molar-refractivity contribution in [2.45, 2.75) is 45.2 Å². The Hall–Kier alpha value is -2.40. The second-order valence-corrected chi connectivity index (χ2v) is 7.97. The van der Waals surface area contributed by atoms with Gasteiger partial charge >= 0.3 is 6.03 Å². The summed E-state index contributed by atoms with van der Waals surface area (Å²) in [5.41, 5.74) is 5.06. The smallest absolute Gasteiger partial charge is 0.315 e. The molecular weight excluding hydrogens is 342 g/mol. The fourth-order valence-electron chi connectivity index (χ4n) is 3.51. The van der Waals surface area contributed by atoms with Crippen LogP contribution < -0.4 is 10.6 Å². The van der Waals surface area contributed by atoms with Gasteiger partial charge in [-0.15, -0.1) is 11.3 Å². The molecule has 1 heterocycles. The van der Waals surface area contributed by atoms with E-state index in [1.54, 1.807) is 11.3 Å². The molecule has 0 saturated carbocycles. The topological polar surface area (TPSA) is 54.0 Å². The van der Waals surface area contributed by atoms with E-state index in [0.717, 1.165) is 21.6 Å². The molecule has 2 amide bonds. The fraction of sp³-hybridized carbons (Fsp3) is 0.333. The molecule has 134 valence electrons. The molecule has 1 aromatic heterocycles. The van der Waals surface area contributed by atoms with Crippen LogP contribution in [0.5, 0.6) is 0 Å². The summed E-state index contributed by atoms with van der Waals surface area (Å²) in [6.45, 7) is 2.48. The second kappa shape index (κ2) is 7.46. The number of carbonyl (C=O) groups is 1. The predicted octanol–water partition coefficient (Wildman–Crippen LogP) is 4.74. The first-order chi connectivity index (χ1) is 12.7. The molecule has 2 aromatic carbocycles. The molecule has 0 bridgehead atoms. The molecule has 1 aliphatic carbocycles. The van der Waals surface area contributed by atoms with Crippen molar-refractivity contribution in [1.82, 2.24) is 15.6 Å². The standard InChI is InChI=1S/C21H23N3OS/c1-14(16-11-10-15-6-2-3-7-17(15)12-16)23-21(25)22-13-20-24-18-8-4-5-9-19(18)26-20/h4-5,8-12,14H,2-3,6-7,13H2,1H3,(H2,22,23,25). The summed E-state index contributed by atoms with van der Waals surface area (Å²) in [7, 11) is 0. The van der Waals surface area contributed by atoms with Gasteiger partial charge in [-0.25, -0.2) is 9.78 Å². The van der Waals surface area contributed by atoms with Gasteiger partial charge in [-0.1, -0.05) is 30.3 Å². The van der Waals surface area contributed by atoms with Crippen molar-refractivity contribution in [1.29, 1.82) is 0 Å². The third kappa shape index (κ3) is 3.73. The van der Waals surface area contributed by atoms with Crippen LogP contribution in [-0.2, 0) is 19.4 Å². The highest BCUT2D eigenvalue weighted by Gasteiger charge is 2.14. The molecule has 1 atom stereocenters. The highest BCUT2D eigenvalue weighted by Crippen LogP contribution is 2.25. The monoisotopic (exact) mass is 365 g/mol. The van der Waals surface area contributed by atoms with E-state index in [1.165, 1.54) is 36.0 Å². The van der Waals surface area contributed by atoms with Gasteiger partial charge in [0.1, 0.15) is 5.01 Å².